The van der Waals surface area contributed by atoms with Crippen LogP contribution >= 0.6 is 23.2 Å². The number of carbonyl (C=O) groups is 1. The smallest absolute Gasteiger partial charge is 0.320 e. The Morgan fingerprint density at radius 2 is 1.75 bits per heavy atom. The Labute approximate surface area is 149 Å². The summed E-state index contributed by atoms with van der Waals surface area (Å²) in [5.41, 5.74) is 2.50. The number of hydrogen-bond donors (Lipinski definition) is 1. The lowest BCUT2D eigenvalue weighted by Gasteiger charge is -2.27. The second kappa shape index (κ2) is 7.24. The topological polar surface area (TPSA) is 32.3 Å². The molecule has 0 saturated carbocycles. The minimum atomic E-state index is -0.257. The first-order chi connectivity index (χ1) is 11.5. The van der Waals surface area contributed by atoms with Crippen molar-refractivity contribution in [3.8, 4) is 0 Å². The number of hydrogen-bond acceptors (Lipinski definition) is 1. The molecule has 0 saturated heterocycles. The molecule has 2 aromatic carbocycles. The Morgan fingerprint density at radius 3 is 2.33 bits per heavy atom. The third-order valence-electron chi connectivity index (χ3n) is 3.91. The molecular weight excluding hydrogens is 350 g/mol. The number of carbonyl (C=O) groups excluding carboxylic acids is 1. The molecule has 24 heavy (non-hydrogen) atoms. The number of anilines is 1. The number of amides is 2. The molecule has 0 radical (unpaired) electrons. The molecule has 1 heterocycles. The Morgan fingerprint density at radius 1 is 1.08 bits per heavy atom. The zero-order valence-electron chi connectivity index (χ0n) is 12.7. The lowest BCUT2D eigenvalue weighted by Crippen LogP contribution is -2.38. The highest BCUT2D eigenvalue weighted by atomic mass is 35.5. The largest absolute Gasteiger partial charge is 0.322 e. The van der Waals surface area contributed by atoms with E-state index in [0.717, 1.165) is 11.1 Å². The standard InChI is InChI=1S/C18H15Cl2FN2O/c19-15-2-1-3-16(20)17(15)22-18(24)23-10-8-13(9-11-23)12-4-6-14(21)7-5-12/h1-8H,9-11H2,(H,22,24). The van der Waals surface area contributed by atoms with Crippen molar-refractivity contribution in [1.29, 1.82) is 0 Å². The van der Waals surface area contributed by atoms with Crippen LogP contribution in [0.25, 0.3) is 5.57 Å². The molecule has 124 valence electrons. The molecule has 1 aliphatic heterocycles. The minimum Gasteiger partial charge on any atom is -0.320 e. The fourth-order valence-corrected chi connectivity index (χ4v) is 3.07. The van der Waals surface area contributed by atoms with Crippen LogP contribution < -0.4 is 5.32 Å². The van der Waals surface area contributed by atoms with Crippen molar-refractivity contribution < 1.29 is 9.18 Å². The summed E-state index contributed by atoms with van der Waals surface area (Å²) < 4.78 is 13.0. The maximum absolute atomic E-state index is 13.0. The molecule has 0 bridgehead atoms. The first-order valence-electron chi connectivity index (χ1n) is 7.49. The minimum absolute atomic E-state index is 0.251. The highest BCUT2D eigenvalue weighted by Crippen LogP contribution is 2.30. The van der Waals surface area contributed by atoms with E-state index in [1.54, 1.807) is 35.2 Å². The van der Waals surface area contributed by atoms with Crippen LogP contribution in [-0.4, -0.2) is 24.0 Å². The Balaban J connectivity index is 1.67. The number of para-hydroxylation sites is 1. The molecule has 0 fully saturated rings. The van der Waals surface area contributed by atoms with E-state index in [9.17, 15) is 9.18 Å². The third kappa shape index (κ3) is 3.71. The highest BCUT2D eigenvalue weighted by Gasteiger charge is 2.19. The zero-order chi connectivity index (χ0) is 17.1. The third-order valence-corrected chi connectivity index (χ3v) is 4.54. The monoisotopic (exact) mass is 364 g/mol. The van der Waals surface area contributed by atoms with Gasteiger partial charge in [-0.2, -0.15) is 0 Å². The van der Waals surface area contributed by atoms with Gasteiger partial charge in [0.1, 0.15) is 5.82 Å². The number of rotatable bonds is 2. The molecule has 1 N–H and O–H groups in total. The van der Waals surface area contributed by atoms with Crippen molar-refractivity contribution in [1.82, 2.24) is 4.90 Å². The van der Waals surface area contributed by atoms with Gasteiger partial charge < -0.3 is 10.2 Å². The van der Waals surface area contributed by atoms with Gasteiger partial charge in [0.25, 0.3) is 0 Å². The van der Waals surface area contributed by atoms with Crippen LogP contribution in [0, 0.1) is 5.82 Å². The van der Waals surface area contributed by atoms with E-state index in [4.69, 9.17) is 23.2 Å². The number of benzene rings is 2. The average molecular weight is 365 g/mol. The van der Waals surface area contributed by atoms with E-state index in [1.807, 2.05) is 6.08 Å². The van der Waals surface area contributed by atoms with Gasteiger partial charge in [0.2, 0.25) is 0 Å². The van der Waals surface area contributed by atoms with Gasteiger partial charge in [-0.15, -0.1) is 0 Å². The normalized spacial score (nSPS) is 14.3. The van der Waals surface area contributed by atoms with E-state index in [0.29, 0.717) is 35.2 Å². The van der Waals surface area contributed by atoms with Crippen molar-refractivity contribution in [3.05, 3.63) is 70.0 Å². The van der Waals surface area contributed by atoms with Crippen LogP contribution in [0.4, 0.5) is 14.9 Å². The van der Waals surface area contributed by atoms with Gasteiger partial charge >= 0.3 is 6.03 Å². The summed E-state index contributed by atoms with van der Waals surface area (Å²) in [5.74, 6) is -0.257. The fraction of sp³-hybridized carbons (Fsp3) is 0.167. The van der Waals surface area contributed by atoms with E-state index in [2.05, 4.69) is 5.32 Å². The summed E-state index contributed by atoms with van der Waals surface area (Å²) in [6.07, 6.45) is 2.68. The van der Waals surface area contributed by atoms with Crippen molar-refractivity contribution in [2.75, 3.05) is 18.4 Å². The number of nitrogens with zero attached hydrogens (tertiary/aromatic N) is 1. The summed E-state index contributed by atoms with van der Waals surface area (Å²) in [6, 6.07) is 11.2. The molecular formula is C18H15Cl2FN2O. The van der Waals surface area contributed by atoms with Gasteiger partial charge in [0.15, 0.2) is 0 Å². The summed E-state index contributed by atoms with van der Waals surface area (Å²) in [4.78, 5) is 14.1. The highest BCUT2D eigenvalue weighted by molar-refractivity contribution is 6.39. The van der Waals surface area contributed by atoms with Crippen molar-refractivity contribution in [3.63, 3.8) is 0 Å². The lowest BCUT2D eigenvalue weighted by atomic mass is 10.00. The first kappa shape index (κ1) is 16.8. The van der Waals surface area contributed by atoms with E-state index in [1.165, 1.54) is 12.1 Å². The van der Waals surface area contributed by atoms with Crippen molar-refractivity contribution in [2.24, 2.45) is 0 Å². The maximum atomic E-state index is 13.0. The molecule has 0 atom stereocenters. The van der Waals surface area contributed by atoms with Crippen molar-refractivity contribution in [2.45, 2.75) is 6.42 Å². The molecule has 3 nitrogen and oxygen atoms in total. The number of nitrogens with one attached hydrogen (secondary N) is 1. The quantitative estimate of drug-likeness (QED) is 0.754. The van der Waals surface area contributed by atoms with Crippen molar-refractivity contribution >= 4 is 40.5 Å². The van der Waals surface area contributed by atoms with Gasteiger partial charge in [0, 0.05) is 13.1 Å². The predicted molar refractivity (Wildman–Crippen MR) is 96.0 cm³/mol. The molecule has 1 aliphatic rings. The first-order valence-corrected chi connectivity index (χ1v) is 8.25. The number of halogens is 3. The van der Waals surface area contributed by atoms with Crippen LogP contribution in [0.2, 0.25) is 10.0 Å². The summed E-state index contributed by atoms with van der Waals surface area (Å²) >= 11 is 12.1. The Hall–Kier alpha value is -2.04. The summed E-state index contributed by atoms with van der Waals surface area (Å²) in [7, 11) is 0. The van der Waals surface area contributed by atoms with E-state index >= 15 is 0 Å². The van der Waals surface area contributed by atoms with Crippen LogP contribution in [-0.2, 0) is 0 Å². The molecule has 0 aromatic heterocycles. The molecule has 2 amide bonds. The molecule has 3 rings (SSSR count). The van der Waals surface area contributed by atoms with E-state index < -0.39 is 0 Å². The molecule has 2 aromatic rings. The molecule has 6 heteroatoms. The SMILES string of the molecule is O=C(Nc1c(Cl)cccc1Cl)N1CC=C(c2ccc(F)cc2)CC1. The Bertz CT molecular complexity index is 770. The van der Waals surface area contributed by atoms with Gasteiger partial charge in [-0.25, -0.2) is 9.18 Å². The second-order valence-corrected chi connectivity index (χ2v) is 6.27. The molecule has 0 spiro atoms. The predicted octanol–water partition coefficient (Wildman–Crippen LogP) is 5.45. The maximum Gasteiger partial charge on any atom is 0.322 e. The molecule has 0 aliphatic carbocycles. The average Bonchev–Trinajstić information content (AvgIpc) is 2.59. The van der Waals surface area contributed by atoms with Crippen LogP contribution in [0.5, 0.6) is 0 Å². The zero-order valence-corrected chi connectivity index (χ0v) is 14.2. The Kier molecular flexibility index (Phi) is 5.07. The van der Waals surface area contributed by atoms with Gasteiger partial charge in [-0.1, -0.05) is 47.5 Å². The number of urea groups is 1. The van der Waals surface area contributed by atoms with Crippen LogP contribution in [0.1, 0.15) is 12.0 Å². The van der Waals surface area contributed by atoms with Gasteiger partial charge in [0.05, 0.1) is 15.7 Å². The van der Waals surface area contributed by atoms with Gasteiger partial charge in [-0.05, 0) is 41.8 Å². The lowest BCUT2D eigenvalue weighted by molar-refractivity contribution is 0.217. The van der Waals surface area contributed by atoms with Gasteiger partial charge in [-0.3, -0.25) is 0 Å². The fourth-order valence-electron chi connectivity index (χ4n) is 2.58. The van der Waals surface area contributed by atoms with Crippen LogP contribution in [0.15, 0.2) is 48.5 Å². The van der Waals surface area contributed by atoms with E-state index in [-0.39, 0.29) is 11.8 Å². The molecule has 0 unspecified atom stereocenters. The van der Waals surface area contributed by atoms with Crippen LogP contribution in [0.3, 0.4) is 0 Å². The summed E-state index contributed by atoms with van der Waals surface area (Å²) in [6.45, 7) is 1.04. The second-order valence-electron chi connectivity index (χ2n) is 5.46. The summed E-state index contributed by atoms with van der Waals surface area (Å²) in [5, 5.41) is 3.55.